The second-order valence-electron chi connectivity index (χ2n) is 6.92. The molecule has 1 aromatic rings. The van der Waals surface area contributed by atoms with Gasteiger partial charge in [0.15, 0.2) is 6.10 Å². The molecular formula is C19H27NO4. The first-order chi connectivity index (χ1) is 11.3. The van der Waals surface area contributed by atoms with Crippen LogP contribution in [0.3, 0.4) is 0 Å². The maximum absolute atomic E-state index is 12.6. The zero-order chi connectivity index (χ0) is 17.9. The molecule has 132 valence electrons. The van der Waals surface area contributed by atoms with E-state index in [9.17, 15) is 14.7 Å². The lowest BCUT2D eigenvalue weighted by molar-refractivity contribution is -0.147. The Morgan fingerprint density at radius 3 is 2.62 bits per heavy atom. The second kappa shape index (κ2) is 7.69. The zero-order valence-corrected chi connectivity index (χ0v) is 14.9. The molecule has 1 fully saturated rings. The molecule has 0 saturated carbocycles. The van der Waals surface area contributed by atoms with Gasteiger partial charge in [0.25, 0.3) is 5.91 Å². The van der Waals surface area contributed by atoms with Crippen molar-refractivity contribution in [3.8, 4) is 5.75 Å². The summed E-state index contributed by atoms with van der Waals surface area (Å²) < 4.78 is 5.96. The first-order valence-electron chi connectivity index (χ1n) is 8.58. The highest BCUT2D eigenvalue weighted by Gasteiger charge is 2.31. The Balaban J connectivity index is 2.09. The van der Waals surface area contributed by atoms with Gasteiger partial charge in [-0.1, -0.05) is 26.0 Å². The Morgan fingerprint density at radius 1 is 1.29 bits per heavy atom. The molecule has 1 aliphatic rings. The van der Waals surface area contributed by atoms with Crippen LogP contribution in [-0.4, -0.2) is 41.1 Å². The average Bonchev–Trinajstić information content (AvgIpc) is 2.54. The molecule has 2 rings (SSSR count). The third-order valence-corrected chi connectivity index (χ3v) is 4.52. The third kappa shape index (κ3) is 4.28. The van der Waals surface area contributed by atoms with Gasteiger partial charge >= 0.3 is 5.97 Å². The summed E-state index contributed by atoms with van der Waals surface area (Å²) in [5, 5.41) is 9.17. The molecular weight excluding hydrogens is 306 g/mol. The second-order valence-corrected chi connectivity index (χ2v) is 6.92. The third-order valence-electron chi connectivity index (χ3n) is 4.52. The van der Waals surface area contributed by atoms with Crippen LogP contribution < -0.4 is 4.74 Å². The summed E-state index contributed by atoms with van der Waals surface area (Å²) >= 11 is 0. The molecule has 1 amide bonds. The summed E-state index contributed by atoms with van der Waals surface area (Å²) in [6.45, 7) is 8.77. The fraction of sp³-hybridized carbons (Fsp3) is 0.579. The first-order valence-corrected chi connectivity index (χ1v) is 8.58. The van der Waals surface area contributed by atoms with E-state index in [1.54, 1.807) is 11.8 Å². The number of hydrogen-bond donors (Lipinski definition) is 1. The summed E-state index contributed by atoms with van der Waals surface area (Å²) in [6, 6.07) is 6.03. The predicted octanol–water partition coefficient (Wildman–Crippen LogP) is 3.21. The number of hydrogen-bond acceptors (Lipinski definition) is 3. The molecule has 2 unspecified atom stereocenters. The number of carbonyl (C=O) groups is 2. The minimum atomic E-state index is -0.832. The van der Waals surface area contributed by atoms with Crippen LogP contribution in [0.1, 0.15) is 50.7 Å². The van der Waals surface area contributed by atoms with Gasteiger partial charge in [-0.25, -0.2) is 0 Å². The lowest BCUT2D eigenvalue weighted by atomic mass is 9.98. The van der Waals surface area contributed by atoms with Crippen molar-refractivity contribution in [1.29, 1.82) is 0 Å². The molecule has 0 bridgehead atoms. The van der Waals surface area contributed by atoms with Gasteiger partial charge in [0.05, 0.1) is 5.92 Å². The highest BCUT2D eigenvalue weighted by atomic mass is 16.5. The fourth-order valence-corrected chi connectivity index (χ4v) is 3.10. The highest BCUT2D eigenvalue weighted by Crippen LogP contribution is 2.29. The lowest BCUT2D eigenvalue weighted by Crippen LogP contribution is -2.47. The molecule has 0 radical (unpaired) electrons. The summed E-state index contributed by atoms with van der Waals surface area (Å²) in [6.07, 6.45) is 0.720. The number of benzene rings is 1. The monoisotopic (exact) mass is 333 g/mol. The van der Waals surface area contributed by atoms with Crippen LogP contribution in [0.2, 0.25) is 0 Å². The smallest absolute Gasteiger partial charge is 0.308 e. The minimum absolute atomic E-state index is 0.142. The number of ether oxygens (including phenoxy) is 1. The van der Waals surface area contributed by atoms with E-state index in [1.165, 1.54) is 0 Å². The summed E-state index contributed by atoms with van der Waals surface area (Å²) in [5.74, 6) is -0.411. The topological polar surface area (TPSA) is 66.8 Å². The number of carboxylic acid groups (broad SMARTS) is 1. The van der Waals surface area contributed by atoms with E-state index in [-0.39, 0.29) is 12.5 Å². The van der Waals surface area contributed by atoms with Crippen LogP contribution in [0.15, 0.2) is 18.2 Å². The van der Waals surface area contributed by atoms with Crippen LogP contribution >= 0.6 is 0 Å². The number of piperidine rings is 1. The Bertz CT molecular complexity index is 611. The van der Waals surface area contributed by atoms with Gasteiger partial charge in [-0.15, -0.1) is 0 Å². The van der Waals surface area contributed by atoms with Crippen molar-refractivity contribution in [2.75, 3.05) is 13.1 Å². The van der Waals surface area contributed by atoms with Crippen LogP contribution in [-0.2, 0) is 9.59 Å². The van der Waals surface area contributed by atoms with E-state index in [0.29, 0.717) is 18.9 Å². The number of aryl methyl sites for hydroxylation is 1. The standard InChI is InChI=1S/C19H27NO4/c1-12(2)16-8-7-13(3)10-17(16)24-14(4)18(21)20-9-5-6-15(11-20)19(22)23/h7-8,10,12,14-15H,5-6,9,11H2,1-4H3,(H,22,23). The van der Waals surface area contributed by atoms with E-state index in [4.69, 9.17) is 4.74 Å². The van der Waals surface area contributed by atoms with Crippen LogP contribution in [0.5, 0.6) is 5.75 Å². The quantitative estimate of drug-likeness (QED) is 0.898. The van der Waals surface area contributed by atoms with Crippen LogP contribution in [0, 0.1) is 12.8 Å². The molecule has 0 spiro atoms. The molecule has 5 heteroatoms. The zero-order valence-electron chi connectivity index (χ0n) is 14.9. The van der Waals surface area contributed by atoms with Crippen LogP contribution in [0.25, 0.3) is 0 Å². The van der Waals surface area contributed by atoms with Crippen molar-refractivity contribution in [1.82, 2.24) is 4.90 Å². The minimum Gasteiger partial charge on any atom is -0.481 e. The van der Waals surface area contributed by atoms with Gasteiger partial charge in [-0.2, -0.15) is 0 Å². The molecule has 1 saturated heterocycles. The number of carbonyl (C=O) groups excluding carboxylic acids is 1. The molecule has 0 aromatic heterocycles. The van der Waals surface area contributed by atoms with Crippen molar-refractivity contribution in [2.45, 2.75) is 52.6 Å². The maximum Gasteiger partial charge on any atom is 0.308 e. The molecule has 24 heavy (non-hydrogen) atoms. The maximum atomic E-state index is 12.6. The lowest BCUT2D eigenvalue weighted by Gasteiger charge is -2.32. The predicted molar refractivity (Wildman–Crippen MR) is 92.3 cm³/mol. The van der Waals surface area contributed by atoms with Crippen molar-refractivity contribution < 1.29 is 19.4 Å². The van der Waals surface area contributed by atoms with Crippen molar-refractivity contribution in [2.24, 2.45) is 5.92 Å². The number of rotatable bonds is 5. The van der Waals surface area contributed by atoms with Gasteiger partial charge < -0.3 is 14.7 Å². The van der Waals surface area contributed by atoms with E-state index in [2.05, 4.69) is 13.8 Å². The molecule has 1 N–H and O–H groups in total. The van der Waals surface area contributed by atoms with E-state index in [1.807, 2.05) is 25.1 Å². The van der Waals surface area contributed by atoms with Gasteiger partial charge in [-0.3, -0.25) is 9.59 Å². The van der Waals surface area contributed by atoms with E-state index >= 15 is 0 Å². The largest absolute Gasteiger partial charge is 0.481 e. The van der Waals surface area contributed by atoms with Crippen molar-refractivity contribution in [3.63, 3.8) is 0 Å². The highest BCUT2D eigenvalue weighted by molar-refractivity contribution is 5.82. The van der Waals surface area contributed by atoms with Crippen molar-refractivity contribution in [3.05, 3.63) is 29.3 Å². The molecule has 1 aromatic carbocycles. The van der Waals surface area contributed by atoms with Crippen molar-refractivity contribution >= 4 is 11.9 Å². The van der Waals surface area contributed by atoms with Gasteiger partial charge in [-0.05, 0) is 49.8 Å². The summed E-state index contributed by atoms with van der Waals surface area (Å²) in [5.41, 5.74) is 2.15. The first kappa shape index (κ1) is 18.3. The SMILES string of the molecule is Cc1ccc(C(C)C)c(OC(C)C(=O)N2CCCC(C(=O)O)C2)c1. The normalized spacial score (nSPS) is 19.2. The average molecular weight is 333 g/mol. The molecule has 5 nitrogen and oxygen atoms in total. The Labute approximate surface area is 143 Å². The van der Waals surface area contributed by atoms with E-state index < -0.39 is 18.0 Å². The molecule has 1 aliphatic heterocycles. The molecule has 1 heterocycles. The number of aliphatic carboxylic acids is 1. The van der Waals surface area contributed by atoms with Gasteiger partial charge in [0.2, 0.25) is 0 Å². The Morgan fingerprint density at radius 2 is 2.00 bits per heavy atom. The van der Waals surface area contributed by atoms with Gasteiger partial charge in [0.1, 0.15) is 5.75 Å². The molecule has 0 aliphatic carbocycles. The fourth-order valence-electron chi connectivity index (χ4n) is 3.10. The van der Waals surface area contributed by atoms with Gasteiger partial charge in [0, 0.05) is 13.1 Å². The van der Waals surface area contributed by atoms with Crippen LogP contribution in [0.4, 0.5) is 0 Å². The molecule has 2 atom stereocenters. The number of amides is 1. The van der Waals surface area contributed by atoms with E-state index in [0.717, 1.165) is 23.3 Å². The number of likely N-dealkylation sites (tertiary alicyclic amines) is 1. The summed E-state index contributed by atoms with van der Waals surface area (Å²) in [4.78, 5) is 25.4. The Hall–Kier alpha value is -2.04. The number of nitrogens with zero attached hydrogens (tertiary/aromatic N) is 1. The summed E-state index contributed by atoms with van der Waals surface area (Å²) in [7, 11) is 0. The number of carboxylic acids is 1. The Kier molecular flexibility index (Phi) is 5.86.